The van der Waals surface area contributed by atoms with Crippen LogP contribution < -0.4 is 0 Å². The Morgan fingerprint density at radius 1 is 1.11 bits per heavy atom. The van der Waals surface area contributed by atoms with Crippen molar-refractivity contribution in [2.75, 3.05) is 26.2 Å². The minimum absolute atomic E-state index is 0.140. The number of amides is 2. The SMILES string of the molecule is CCC(=O)N1CC[C@@](Cc2ccccc2-c2cccs2)(C(=O)N(CC)CC)C1. The third-order valence-electron chi connectivity index (χ3n) is 5.85. The Bertz CT molecular complexity index is 814. The lowest BCUT2D eigenvalue weighted by Gasteiger charge is -2.34. The van der Waals surface area contributed by atoms with E-state index in [2.05, 4.69) is 35.7 Å². The summed E-state index contributed by atoms with van der Waals surface area (Å²) in [7, 11) is 0. The van der Waals surface area contributed by atoms with Crippen LogP contribution in [-0.4, -0.2) is 47.8 Å². The van der Waals surface area contributed by atoms with Crippen molar-refractivity contribution in [3.8, 4) is 10.4 Å². The predicted octanol–water partition coefficient (Wildman–Crippen LogP) is 4.45. The van der Waals surface area contributed by atoms with Crippen molar-refractivity contribution in [2.45, 2.75) is 40.0 Å². The van der Waals surface area contributed by atoms with Gasteiger partial charge in [0.15, 0.2) is 0 Å². The highest BCUT2D eigenvalue weighted by atomic mass is 32.1. The van der Waals surface area contributed by atoms with Crippen molar-refractivity contribution in [1.29, 1.82) is 0 Å². The van der Waals surface area contributed by atoms with Crippen LogP contribution in [0.3, 0.4) is 0 Å². The number of rotatable bonds is 7. The molecule has 1 fully saturated rings. The molecular formula is C23H30N2O2S. The zero-order valence-electron chi connectivity index (χ0n) is 17.1. The summed E-state index contributed by atoms with van der Waals surface area (Å²) in [5.74, 6) is 0.325. The molecule has 0 bridgehead atoms. The van der Waals surface area contributed by atoms with Gasteiger partial charge in [-0.25, -0.2) is 0 Å². The number of thiophene rings is 1. The molecule has 1 aliphatic rings. The Kier molecular flexibility index (Phi) is 6.55. The molecule has 3 rings (SSSR count). The second-order valence-corrected chi connectivity index (χ2v) is 8.44. The van der Waals surface area contributed by atoms with Crippen molar-refractivity contribution in [3.05, 3.63) is 47.3 Å². The highest BCUT2D eigenvalue weighted by molar-refractivity contribution is 7.13. The van der Waals surface area contributed by atoms with Gasteiger partial charge in [0.05, 0.1) is 5.41 Å². The van der Waals surface area contributed by atoms with Gasteiger partial charge in [0.25, 0.3) is 0 Å². The Morgan fingerprint density at radius 3 is 2.50 bits per heavy atom. The molecule has 1 aromatic heterocycles. The minimum atomic E-state index is -0.537. The predicted molar refractivity (Wildman–Crippen MR) is 115 cm³/mol. The standard InChI is InChI=1S/C23H30N2O2S/c1-4-21(26)25-14-13-23(17-25,22(27)24(5-2)6-3)16-18-10-7-8-11-19(18)20-12-9-15-28-20/h7-12,15H,4-6,13-14,16-17H2,1-3H3/t23-/m0/s1. The van der Waals surface area contributed by atoms with Crippen molar-refractivity contribution < 1.29 is 9.59 Å². The third-order valence-corrected chi connectivity index (χ3v) is 6.75. The molecule has 1 aromatic carbocycles. The monoisotopic (exact) mass is 398 g/mol. The number of likely N-dealkylation sites (tertiary alicyclic amines) is 1. The largest absolute Gasteiger partial charge is 0.343 e. The van der Waals surface area contributed by atoms with Crippen LogP contribution in [0, 0.1) is 5.41 Å². The molecule has 0 radical (unpaired) electrons. The van der Waals surface area contributed by atoms with Gasteiger partial charge in [-0.2, -0.15) is 0 Å². The van der Waals surface area contributed by atoms with Gasteiger partial charge >= 0.3 is 0 Å². The van der Waals surface area contributed by atoms with Gasteiger partial charge in [-0.3, -0.25) is 9.59 Å². The molecule has 2 heterocycles. The van der Waals surface area contributed by atoms with E-state index in [0.29, 0.717) is 39.0 Å². The van der Waals surface area contributed by atoms with Crippen molar-refractivity contribution in [1.82, 2.24) is 9.80 Å². The molecule has 2 amide bonds. The van der Waals surface area contributed by atoms with E-state index in [1.54, 1.807) is 11.3 Å². The van der Waals surface area contributed by atoms with Gasteiger partial charge in [-0.05, 0) is 49.3 Å². The fraction of sp³-hybridized carbons (Fsp3) is 0.478. The smallest absolute Gasteiger partial charge is 0.230 e. The van der Waals surface area contributed by atoms with E-state index in [4.69, 9.17) is 0 Å². The highest BCUT2D eigenvalue weighted by Gasteiger charge is 2.47. The fourth-order valence-corrected chi connectivity index (χ4v) is 5.05. The summed E-state index contributed by atoms with van der Waals surface area (Å²) in [5, 5.41) is 2.08. The molecule has 1 atom stereocenters. The molecule has 0 aliphatic carbocycles. The molecule has 0 saturated carbocycles. The summed E-state index contributed by atoms with van der Waals surface area (Å²) < 4.78 is 0. The van der Waals surface area contributed by atoms with Crippen LogP contribution in [0.5, 0.6) is 0 Å². The molecule has 150 valence electrons. The molecule has 2 aromatic rings. The topological polar surface area (TPSA) is 40.6 Å². The molecule has 0 unspecified atom stereocenters. The van der Waals surface area contributed by atoms with Crippen LogP contribution in [0.4, 0.5) is 0 Å². The van der Waals surface area contributed by atoms with Crippen LogP contribution in [0.2, 0.25) is 0 Å². The van der Waals surface area contributed by atoms with E-state index in [9.17, 15) is 9.59 Å². The maximum Gasteiger partial charge on any atom is 0.230 e. The van der Waals surface area contributed by atoms with Crippen molar-refractivity contribution >= 4 is 23.2 Å². The fourth-order valence-electron chi connectivity index (χ4n) is 4.26. The number of carbonyl (C=O) groups excluding carboxylic acids is 2. The van der Waals surface area contributed by atoms with E-state index < -0.39 is 5.41 Å². The van der Waals surface area contributed by atoms with Gasteiger partial charge in [0, 0.05) is 37.5 Å². The van der Waals surface area contributed by atoms with Crippen molar-refractivity contribution in [2.24, 2.45) is 5.41 Å². The summed E-state index contributed by atoms with van der Waals surface area (Å²) in [6, 6.07) is 12.6. The molecule has 28 heavy (non-hydrogen) atoms. The average Bonchev–Trinajstić information content (AvgIpc) is 3.40. The number of hydrogen-bond acceptors (Lipinski definition) is 3. The molecule has 0 N–H and O–H groups in total. The van der Waals surface area contributed by atoms with Gasteiger partial charge in [0.2, 0.25) is 11.8 Å². The highest BCUT2D eigenvalue weighted by Crippen LogP contribution is 2.39. The lowest BCUT2D eigenvalue weighted by molar-refractivity contribution is -0.141. The van der Waals surface area contributed by atoms with Gasteiger partial charge in [-0.15, -0.1) is 11.3 Å². The van der Waals surface area contributed by atoms with Crippen LogP contribution in [0.25, 0.3) is 10.4 Å². The zero-order valence-corrected chi connectivity index (χ0v) is 17.9. The van der Waals surface area contributed by atoms with E-state index in [0.717, 1.165) is 6.42 Å². The summed E-state index contributed by atoms with van der Waals surface area (Å²) >= 11 is 1.72. The molecule has 5 heteroatoms. The first kappa shape index (κ1) is 20.6. The van der Waals surface area contributed by atoms with Crippen LogP contribution in [0.1, 0.15) is 39.2 Å². The van der Waals surface area contributed by atoms with E-state index in [1.165, 1.54) is 16.0 Å². The maximum atomic E-state index is 13.6. The first-order valence-corrected chi connectivity index (χ1v) is 11.1. The Hall–Kier alpha value is -2.14. The molecule has 0 spiro atoms. The van der Waals surface area contributed by atoms with Crippen LogP contribution in [-0.2, 0) is 16.0 Å². The lowest BCUT2D eigenvalue weighted by Crippen LogP contribution is -2.47. The normalized spacial score (nSPS) is 19.0. The number of nitrogens with zero attached hydrogens (tertiary/aromatic N) is 2. The first-order chi connectivity index (χ1) is 13.5. The second kappa shape index (κ2) is 8.91. The number of hydrogen-bond donors (Lipinski definition) is 0. The zero-order chi connectivity index (χ0) is 20.1. The summed E-state index contributed by atoms with van der Waals surface area (Å²) in [6.07, 6.45) is 1.89. The summed E-state index contributed by atoms with van der Waals surface area (Å²) in [4.78, 5) is 31.0. The number of benzene rings is 1. The first-order valence-electron chi connectivity index (χ1n) is 10.2. The third kappa shape index (κ3) is 4.00. The Labute approximate surface area is 172 Å². The summed E-state index contributed by atoms with van der Waals surface area (Å²) in [5.41, 5.74) is 1.85. The van der Waals surface area contributed by atoms with Gasteiger partial charge < -0.3 is 9.80 Å². The van der Waals surface area contributed by atoms with E-state index in [-0.39, 0.29) is 11.8 Å². The lowest BCUT2D eigenvalue weighted by atomic mass is 9.78. The van der Waals surface area contributed by atoms with Crippen LogP contribution in [0.15, 0.2) is 41.8 Å². The maximum absolute atomic E-state index is 13.6. The Morgan fingerprint density at radius 2 is 1.86 bits per heavy atom. The minimum Gasteiger partial charge on any atom is -0.343 e. The van der Waals surface area contributed by atoms with E-state index >= 15 is 0 Å². The van der Waals surface area contributed by atoms with E-state index in [1.807, 2.05) is 36.6 Å². The van der Waals surface area contributed by atoms with Crippen molar-refractivity contribution in [3.63, 3.8) is 0 Å². The second-order valence-electron chi connectivity index (χ2n) is 7.49. The quantitative estimate of drug-likeness (QED) is 0.691. The molecule has 1 aliphatic heterocycles. The number of carbonyl (C=O) groups is 2. The average molecular weight is 399 g/mol. The summed E-state index contributed by atoms with van der Waals surface area (Å²) in [6.45, 7) is 8.53. The van der Waals surface area contributed by atoms with Gasteiger partial charge in [-0.1, -0.05) is 37.3 Å². The van der Waals surface area contributed by atoms with Gasteiger partial charge in [0.1, 0.15) is 0 Å². The van der Waals surface area contributed by atoms with Crippen LogP contribution >= 0.6 is 11.3 Å². The molecular weight excluding hydrogens is 368 g/mol. The molecule has 4 nitrogen and oxygen atoms in total. The molecule has 1 saturated heterocycles. The Balaban J connectivity index is 1.98.